The highest BCUT2D eigenvalue weighted by atomic mass is 32.2. The lowest BCUT2D eigenvalue weighted by Gasteiger charge is -2.04. The molecule has 1 aromatic rings. The van der Waals surface area contributed by atoms with Crippen LogP contribution in [0, 0.1) is 0 Å². The Kier molecular flexibility index (Phi) is 1.80. The van der Waals surface area contributed by atoms with Crippen LogP contribution >= 0.6 is 0 Å². The third-order valence-corrected chi connectivity index (χ3v) is 3.42. The number of hydrogen-bond donors (Lipinski definition) is 0. The van der Waals surface area contributed by atoms with Gasteiger partial charge >= 0.3 is 0 Å². The maximum atomic E-state index is 11.2. The van der Waals surface area contributed by atoms with E-state index in [1.807, 2.05) is 24.3 Å². The molecule has 0 saturated carbocycles. The summed E-state index contributed by atoms with van der Waals surface area (Å²) < 4.78 is 22.4. The van der Waals surface area contributed by atoms with E-state index in [2.05, 4.69) is 5.32 Å². The molecule has 0 aromatic heterocycles. The maximum Gasteiger partial charge on any atom is 0.170 e. The van der Waals surface area contributed by atoms with E-state index < -0.39 is 15.2 Å². The van der Waals surface area contributed by atoms with Crippen molar-refractivity contribution in [2.24, 2.45) is 0 Å². The summed E-state index contributed by atoms with van der Waals surface area (Å²) in [5.74, 6) is 0. The normalized spacial score (nSPS) is 20.8. The first-order valence-electron chi connectivity index (χ1n) is 4.05. The number of fused-ring (bicyclic) bond motifs is 1. The van der Waals surface area contributed by atoms with E-state index in [0.717, 1.165) is 11.3 Å². The van der Waals surface area contributed by atoms with Gasteiger partial charge in [0.2, 0.25) is 0 Å². The Morgan fingerprint density at radius 2 is 2.08 bits per heavy atom. The van der Waals surface area contributed by atoms with E-state index in [1.165, 1.54) is 6.26 Å². The summed E-state index contributed by atoms with van der Waals surface area (Å²) in [5.41, 5.74) is 1.84. The smallest absolute Gasteiger partial charge is 0.170 e. The van der Waals surface area contributed by atoms with Crippen LogP contribution in [0.3, 0.4) is 0 Å². The zero-order chi connectivity index (χ0) is 9.47. The highest BCUT2D eigenvalue weighted by Gasteiger charge is 2.29. The molecule has 3 nitrogen and oxygen atoms in total. The second kappa shape index (κ2) is 2.73. The molecule has 0 fully saturated rings. The van der Waals surface area contributed by atoms with Gasteiger partial charge in [0, 0.05) is 12.7 Å². The minimum absolute atomic E-state index is 0.523. The number of sulfone groups is 1. The molecule has 1 aliphatic rings. The molecule has 13 heavy (non-hydrogen) atoms. The third kappa shape index (κ3) is 1.54. The Morgan fingerprint density at radius 3 is 2.69 bits per heavy atom. The van der Waals surface area contributed by atoms with Crippen LogP contribution in [0.1, 0.15) is 5.56 Å². The van der Waals surface area contributed by atoms with Crippen LogP contribution in [-0.4, -0.2) is 20.0 Å². The van der Waals surface area contributed by atoms with E-state index in [1.54, 1.807) is 0 Å². The van der Waals surface area contributed by atoms with Gasteiger partial charge in [0.25, 0.3) is 0 Å². The van der Waals surface area contributed by atoms with E-state index in [9.17, 15) is 8.42 Å². The van der Waals surface area contributed by atoms with Crippen molar-refractivity contribution in [2.75, 3.05) is 6.26 Å². The molecule has 0 N–H and O–H groups in total. The fourth-order valence-electron chi connectivity index (χ4n) is 1.45. The van der Waals surface area contributed by atoms with Gasteiger partial charge in [-0.05, 0) is 11.6 Å². The van der Waals surface area contributed by atoms with Crippen molar-refractivity contribution in [3.63, 3.8) is 0 Å². The first-order chi connectivity index (χ1) is 6.07. The van der Waals surface area contributed by atoms with E-state index in [4.69, 9.17) is 0 Å². The molecule has 1 atom stereocenters. The minimum Gasteiger partial charge on any atom is -0.265 e. The van der Waals surface area contributed by atoms with Crippen molar-refractivity contribution in [3.8, 4) is 0 Å². The van der Waals surface area contributed by atoms with Crippen LogP contribution in [0.15, 0.2) is 24.3 Å². The summed E-state index contributed by atoms with van der Waals surface area (Å²) in [6.07, 6.45) is 1.75. The van der Waals surface area contributed by atoms with Gasteiger partial charge in [-0.3, -0.25) is 5.32 Å². The van der Waals surface area contributed by atoms with Crippen LogP contribution in [0.2, 0.25) is 0 Å². The van der Waals surface area contributed by atoms with E-state index in [0.29, 0.717) is 6.42 Å². The minimum atomic E-state index is -3.04. The van der Waals surface area contributed by atoms with Gasteiger partial charge in [-0.15, -0.1) is 0 Å². The Hall–Kier alpha value is -1.03. The molecule has 4 heteroatoms. The number of para-hydroxylation sites is 1. The summed E-state index contributed by atoms with van der Waals surface area (Å²) in [7, 11) is -3.04. The molecule has 0 saturated heterocycles. The Morgan fingerprint density at radius 1 is 1.38 bits per heavy atom. The van der Waals surface area contributed by atoms with Gasteiger partial charge in [0.15, 0.2) is 15.2 Å². The standard InChI is InChI=1S/C9H10NO2S/c1-13(11,12)9-6-7-4-2-3-5-8(7)10-9/h2-5,9H,6H2,1H3. The van der Waals surface area contributed by atoms with E-state index >= 15 is 0 Å². The van der Waals surface area contributed by atoms with Crippen LogP contribution in [0.4, 0.5) is 5.69 Å². The third-order valence-electron chi connectivity index (χ3n) is 2.16. The average molecular weight is 196 g/mol. The zero-order valence-corrected chi connectivity index (χ0v) is 8.08. The Balaban J connectivity index is 2.33. The summed E-state index contributed by atoms with van der Waals surface area (Å²) in [6, 6.07) is 7.54. The lowest BCUT2D eigenvalue weighted by Crippen LogP contribution is -2.25. The maximum absolute atomic E-state index is 11.2. The summed E-state index contributed by atoms with van der Waals surface area (Å²) in [6.45, 7) is 0. The molecule has 1 unspecified atom stereocenters. The monoisotopic (exact) mass is 196 g/mol. The first-order valence-corrected chi connectivity index (χ1v) is 6.00. The summed E-state index contributed by atoms with van der Waals surface area (Å²) in [4.78, 5) is 0. The lowest BCUT2D eigenvalue weighted by atomic mass is 10.2. The van der Waals surface area contributed by atoms with Crippen molar-refractivity contribution < 1.29 is 8.42 Å². The number of nitrogens with zero attached hydrogens (tertiary/aromatic N) is 1. The molecule has 1 aliphatic heterocycles. The molecule has 1 heterocycles. The summed E-state index contributed by atoms with van der Waals surface area (Å²) >= 11 is 0. The number of benzene rings is 1. The predicted octanol–water partition coefficient (Wildman–Crippen LogP) is 0.849. The van der Waals surface area contributed by atoms with Crippen LogP contribution in [0.25, 0.3) is 0 Å². The second-order valence-electron chi connectivity index (χ2n) is 3.25. The van der Waals surface area contributed by atoms with Crippen LogP contribution < -0.4 is 5.32 Å². The quantitative estimate of drug-likeness (QED) is 0.668. The van der Waals surface area contributed by atoms with Gasteiger partial charge in [0.05, 0.1) is 5.69 Å². The molecule has 2 rings (SSSR count). The second-order valence-corrected chi connectivity index (χ2v) is 5.45. The molecule has 69 valence electrons. The largest absolute Gasteiger partial charge is 0.265 e. The predicted molar refractivity (Wildman–Crippen MR) is 50.6 cm³/mol. The Labute approximate surface area is 77.7 Å². The molecule has 1 aromatic carbocycles. The van der Waals surface area contributed by atoms with Gasteiger partial charge in [-0.2, -0.15) is 0 Å². The molecule has 0 spiro atoms. The molecule has 0 amide bonds. The Bertz CT molecular complexity index is 400. The van der Waals surface area contributed by atoms with Crippen molar-refractivity contribution >= 4 is 15.5 Å². The number of rotatable bonds is 1. The van der Waals surface area contributed by atoms with Crippen molar-refractivity contribution in [3.05, 3.63) is 29.8 Å². The van der Waals surface area contributed by atoms with Crippen molar-refractivity contribution in [1.82, 2.24) is 5.32 Å². The molecular weight excluding hydrogens is 186 g/mol. The van der Waals surface area contributed by atoms with Gasteiger partial charge in [-0.25, -0.2) is 8.42 Å². The SMILES string of the molecule is CS(=O)(=O)C1Cc2ccccc2[N]1. The van der Waals surface area contributed by atoms with Gasteiger partial charge < -0.3 is 0 Å². The fourth-order valence-corrected chi connectivity index (χ4v) is 2.23. The lowest BCUT2D eigenvalue weighted by molar-refractivity contribution is 0.580. The number of hydrogen-bond acceptors (Lipinski definition) is 2. The van der Waals surface area contributed by atoms with Crippen LogP contribution in [0.5, 0.6) is 0 Å². The van der Waals surface area contributed by atoms with Crippen LogP contribution in [-0.2, 0) is 16.3 Å². The topological polar surface area (TPSA) is 48.2 Å². The highest BCUT2D eigenvalue weighted by molar-refractivity contribution is 7.91. The molecular formula is C9H10NO2S. The molecule has 1 radical (unpaired) electrons. The van der Waals surface area contributed by atoms with Crippen molar-refractivity contribution in [1.29, 1.82) is 0 Å². The fraction of sp³-hybridized carbons (Fsp3) is 0.333. The average Bonchev–Trinajstić information content (AvgIpc) is 2.45. The van der Waals surface area contributed by atoms with Gasteiger partial charge in [-0.1, -0.05) is 18.2 Å². The van der Waals surface area contributed by atoms with Gasteiger partial charge in [0.1, 0.15) is 0 Å². The summed E-state index contributed by atoms with van der Waals surface area (Å²) in [5, 5.41) is 3.57. The molecule has 0 aliphatic carbocycles. The van der Waals surface area contributed by atoms with E-state index in [-0.39, 0.29) is 0 Å². The highest BCUT2D eigenvalue weighted by Crippen LogP contribution is 2.27. The first kappa shape index (κ1) is 8.56. The molecule has 0 bridgehead atoms. The van der Waals surface area contributed by atoms with Crippen molar-refractivity contribution in [2.45, 2.75) is 11.8 Å². The zero-order valence-electron chi connectivity index (χ0n) is 7.27.